The molecule has 18 heavy (non-hydrogen) atoms. The second-order valence-corrected chi connectivity index (χ2v) is 3.94. The van der Waals surface area contributed by atoms with Crippen LogP contribution in [0.15, 0.2) is 42.5 Å². The number of ether oxygens (including phenoxy) is 1. The number of aryl methyl sites for hydroxylation is 1. The van der Waals surface area contributed by atoms with Crippen LogP contribution in [-0.4, -0.2) is 16.1 Å². The number of hydrogen-bond donors (Lipinski definition) is 1. The quantitative estimate of drug-likeness (QED) is 0.896. The summed E-state index contributed by atoms with van der Waals surface area (Å²) in [7, 11) is 0. The molecule has 0 aliphatic rings. The minimum Gasteiger partial charge on any atom is -0.477 e. The van der Waals surface area contributed by atoms with Crippen molar-refractivity contribution < 1.29 is 14.6 Å². The van der Waals surface area contributed by atoms with Crippen molar-refractivity contribution in [2.24, 2.45) is 0 Å². The number of benzene rings is 1. The van der Waals surface area contributed by atoms with Crippen LogP contribution < -0.4 is 4.74 Å². The van der Waals surface area contributed by atoms with Crippen LogP contribution >= 0.6 is 0 Å². The third-order valence-corrected chi connectivity index (χ3v) is 2.45. The van der Waals surface area contributed by atoms with Gasteiger partial charge in [0.05, 0.1) is 0 Å². The number of nitrogens with zero attached hydrogens (tertiary/aromatic N) is 1. The summed E-state index contributed by atoms with van der Waals surface area (Å²) in [5.74, 6) is -0.744. The first-order chi connectivity index (χ1) is 8.65. The number of carboxylic acids is 1. The number of hydrogen-bond acceptors (Lipinski definition) is 3. The van der Waals surface area contributed by atoms with Crippen LogP contribution in [0.4, 0.5) is 0 Å². The first-order valence-electron chi connectivity index (χ1n) is 5.54. The fourth-order valence-electron chi connectivity index (χ4n) is 1.46. The molecule has 4 heteroatoms. The molecular weight excluding hydrogens is 230 g/mol. The van der Waals surface area contributed by atoms with Gasteiger partial charge in [0.25, 0.3) is 0 Å². The van der Waals surface area contributed by atoms with Crippen molar-refractivity contribution in [2.75, 3.05) is 0 Å². The zero-order valence-electron chi connectivity index (χ0n) is 9.96. The smallest absolute Gasteiger partial charge is 0.354 e. The van der Waals surface area contributed by atoms with E-state index in [1.807, 2.05) is 31.2 Å². The average molecular weight is 243 g/mol. The van der Waals surface area contributed by atoms with E-state index < -0.39 is 5.97 Å². The molecule has 1 N–H and O–H groups in total. The number of aromatic nitrogens is 1. The molecule has 0 spiro atoms. The second kappa shape index (κ2) is 5.31. The van der Waals surface area contributed by atoms with Crippen molar-refractivity contribution in [1.82, 2.24) is 4.98 Å². The molecule has 2 rings (SSSR count). The lowest BCUT2D eigenvalue weighted by Gasteiger charge is -2.06. The average Bonchev–Trinajstić information content (AvgIpc) is 2.38. The standard InChI is InChI=1S/C14H13NO3/c1-10-5-7-11(8-6-10)9-18-13-4-2-3-12(15-13)14(16)17/h2-8H,9H2,1H3,(H,16,17). The Balaban J connectivity index is 2.04. The highest BCUT2D eigenvalue weighted by molar-refractivity contribution is 5.85. The van der Waals surface area contributed by atoms with Gasteiger partial charge in [-0.3, -0.25) is 0 Å². The summed E-state index contributed by atoms with van der Waals surface area (Å²) in [5.41, 5.74) is 2.18. The molecule has 0 radical (unpaired) electrons. The Morgan fingerprint density at radius 1 is 1.22 bits per heavy atom. The van der Waals surface area contributed by atoms with Crippen molar-refractivity contribution in [1.29, 1.82) is 0 Å². The van der Waals surface area contributed by atoms with E-state index in [9.17, 15) is 4.79 Å². The van der Waals surface area contributed by atoms with Crippen molar-refractivity contribution in [3.05, 3.63) is 59.3 Å². The van der Waals surface area contributed by atoms with Crippen molar-refractivity contribution in [3.8, 4) is 5.88 Å². The summed E-state index contributed by atoms with van der Waals surface area (Å²) < 4.78 is 5.45. The van der Waals surface area contributed by atoms with E-state index in [0.29, 0.717) is 12.5 Å². The maximum absolute atomic E-state index is 10.7. The van der Waals surface area contributed by atoms with E-state index in [1.54, 1.807) is 12.1 Å². The van der Waals surface area contributed by atoms with Crippen LogP contribution in [0, 0.1) is 6.92 Å². The molecule has 0 saturated heterocycles. The minimum absolute atomic E-state index is 0.0172. The van der Waals surface area contributed by atoms with Gasteiger partial charge in [-0.05, 0) is 18.6 Å². The first-order valence-corrected chi connectivity index (χ1v) is 5.54. The summed E-state index contributed by atoms with van der Waals surface area (Å²) in [4.78, 5) is 14.6. The fraction of sp³-hybridized carbons (Fsp3) is 0.143. The van der Waals surface area contributed by atoms with Crippen molar-refractivity contribution in [2.45, 2.75) is 13.5 Å². The molecule has 0 atom stereocenters. The molecule has 0 aliphatic carbocycles. The van der Waals surface area contributed by atoms with Crippen LogP contribution in [0.5, 0.6) is 5.88 Å². The first kappa shape index (κ1) is 12.1. The summed E-state index contributed by atoms with van der Waals surface area (Å²) in [6.45, 7) is 2.39. The van der Waals surface area contributed by atoms with E-state index >= 15 is 0 Å². The van der Waals surface area contributed by atoms with E-state index in [0.717, 1.165) is 5.56 Å². The van der Waals surface area contributed by atoms with Gasteiger partial charge in [-0.25, -0.2) is 9.78 Å². The predicted octanol–water partition coefficient (Wildman–Crippen LogP) is 2.67. The molecule has 0 bridgehead atoms. The number of carbonyl (C=O) groups is 1. The third kappa shape index (κ3) is 3.07. The maximum atomic E-state index is 10.7. The maximum Gasteiger partial charge on any atom is 0.354 e. The van der Waals surface area contributed by atoms with Gasteiger partial charge in [0.2, 0.25) is 5.88 Å². The monoisotopic (exact) mass is 243 g/mol. The minimum atomic E-state index is -1.06. The zero-order chi connectivity index (χ0) is 13.0. The van der Waals surface area contributed by atoms with E-state index in [4.69, 9.17) is 9.84 Å². The molecule has 4 nitrogen and oxygen atoms in total. The van der Waals surface area contributed by atoms with Crippen LogP contribution in [0.3, 0.4) is 0 Å². The van der Waals surface area contributed by atoms with E-state index in [2.05, 4.69) is 4.98 Å². The van der Waals surface area contributed by atoms with Gasteiger partial charge in [0.15, 0.2) is 5.69 Å². The van der Waals surface area contributed by atoms with Crippen molar-refractivity contribution >= 4 is 5.97 Å². The fourth-order valence-corrected chi connectivity index (χ4v) is 1.46. The summed E-state index contributed by atoms with van der Waals surface area (Å²) >= 11 is 0. The highest BCUT2D eigenvalue weighted by atomic mass is 16.5. The molecule has 1 heterocycles. The van der Waals surface area contributed by atoms with Crippen molar-refractivity contribution in [3.63, 3.8) is 0 Å². The Bertz CT molecular complexity index is 549. The normalized spacial score (nSPS) is 10.1. The number of aromatic carboxylic acids is 1. The predicted molar refractivity (Wildman–Crippen MR) is 66.7 cm³/mol. The molecule has 2 aromatic rings. The third-order valence-electron chi connectivity index (χ3n) is 2.45. The molecule has 0 aliphatic heterocycles. The zero-order valence-corrected chi connectivity index (χ0v) is 9.96. The van der Waals surface area contributed by atoms with Crippen LogP contribution in [0.1, 0.15) is 21.6 Å². The lowest BCUT2D eigenvalue weighted by Crippen LogP contribution is -2.03. The summed E-state index contributed by atoms with van der Waals surface area (Å²) in [6, 6.07) is 12.6. The molecule has 0 amide bonds. The van der Waals surface area contributed by atoms with E-state index in [1.165, 1.54) is 11.6 Å². The number of carboxylic acid groups (broad SMARTS) is 1. The Kier molecular flexibility index (Phi) is 3.57. The van der Waals surface area contributed by atoms with Crippen LogP contribution in [0.2, 0.25) is 0 Å². The van der Waals surface area contributed by atoms with E-state index in [-0.39, 0.29) is 5.69 Å². The molecule has 0 fully saturated rings. The molecular formula is C14H13NO3. The van der Waals surface area contributed by atoms with Gasteiger partial charge < -0.3 is 9.84 Å². The molecule has 1 aromatic heterocycles. The van der Waals surface area contributed by atoms with Crippen LogP contribution in [-0.2, 0) is 6.61 Å². The Hall–Kier alpha value is -2.36. The largest absolute Gasteiger partial charge is 0.477 e. The second-order valence-electron chi connectivity index (χ2n) is 3.94. The highest BCUT2D eigenvalue weighted by Gasteiger charge is 2.05. The molecule has 92 valence electrons. The van der Waals surface area contributed by atoms with Gasteiger partial charge in [-0.15, -0.1) is 0 Å². The van der Waals surface area contributed by atoms with Crippen LogP contribution in [0.25, 0.3) is 0 Å². The Morgan fingerprint density at radius 3 is 2.61 bits per heavy atom. The van der Waals surface area contributed by atoms with Gasteiger partial charge >= 0.3 is 5.97 Å². The molecule has 0 unspecified atom stereocenters. The summed E-state index contributed by atoms with van der Waals surface area (Å²) in [5, 5.41) is 8.81. The topological polar surface area (TPSA) is 59.4 Å². The highest BCUT2D eigenvalue weighted by Crippen LogP contribution is 2.11. The van der Waals surface area contributed by atoms with Gasteiger partial charge in [-0.1, -0.05) is 35.9 Å². The van der Waals surface area contributed by atoms with Gasteiger partial charge in [0.1, 0.15) is 6.61 Å². The Morgan fingerprint density at radius 2 is 1.94 bits per heavy atom. The van der Waals surface area contributed by atoms with Gasteiger partial charge in [0, 0.05) is 6.07 Å². The Labute approximate surface area is 105 Å². The number of rotatable bonds is 4. The van der Waals surface area contributed by atoms with Gasteiger partial charge in [-0.2, -0.15) is 0 Å². The SMILES string of the molecule is Cc1ccc(COc2cccc(C(=O)O)n2)cc1. The summed E-state index contributed by atoms with van der Waals surface area (Å²) in [6.07, 6.45) is 0. The number of pyridine rings is 1. The lowest BCUT2D eigenvalue weighted by molar-refractivity contribution is 0.0689. The molecule has 1 aromatic carbocycles. The molecule has 0 saturated carbocycles. The lowest BCUT2D eigenvalue weighted by atomic mass is 10.2.